The van der Waals surface area contributed by atoms with E-state index < -0.39 is 10.0 Å². The summed E-state index contributed by atoms with van der Waals surface area (Å²) in [6, 6.07) is 0. The smallest absolute Gasteiger partial charge is 0.220 e. The molecule has 23 heavy (non-hydrogen) atoms. The maximum absolute atomic E-state index is 11.9. The molecule has 0 aromatic carbocycles. The van der Waals surface area contributed by atoms with Crippen LogP contribution >= 0.6 is 0 Å². The molecule has 1 aliphatic rings. The van der Waals surface area contributed by atoms with Crippen molar-refractivity contribution in [1.82, 2.24) is 14.8 Å². The summed E-state index contributed by atoms with van der Waals surface area (Å²) in [5.74, 6) is 0.625. The van der Waals surface area contributed by atoms with E-state index in [4.69, 9.17) is 9.26 Å². The highest BCUT2D eigenvalue weighted by Gasteiger charge is 2.26. The predicted molar refractivity (Wildman–Crippen MR) is 83.5 cm³/mol. The molecule has 9 heteroatoms. The fourth-order valence-electron chi connectivity index (χ4n) is 2.53. The summed E-state index contributed by atoms with van der Waals surface area (Å²) in [4.78, 5) is 11.9. The van der Waals surface area contributed by atoms with Crippen molar-refractivity contribution in [2.24, 2.45) is 0 Å². The van der Waals surface area contributed by atoms with Gasteiger partial charge in [0.05, 0.1) is 24.7 Å². The minimum absolute atomic E-state index is 0.106. The van der Waals surface area contributed by atoms with E-state index in [1.807, 2.05) is 13.8 Å². The number of carbonyl (C=O) groups is 1. The Bertz CT molecular complexity index is 636. The Morgan fingerprint density at radius 3 is 2.78 bits per heavy atom. The van der Waals surface area contributed by atoms with Crippen LogP contribution in [0.4, 0.5) is 0 Å². The Kier molecular flexibility index (Phi) is 5.77. The van der Waals surface area contributed by atoms with Crippen LogP contribution in [0.2, 0.25) is 0 Å². The number of nitrogens with zero attached hydrogens (tertiary/aromatic N) is 2. The average Bonchev–Trinajstić information content (AvgIpc) is 2.81. The standard InChI is InChI=1S/C14H23N3O5S/c1-10-13(11(2)22-16-10)4-5-14(18)15-8-12-9-17(6-7-21-12)23(3,19)20/h12H,4-9H2,1-3H3,(H,15,18). The molecule has 2 heterocycles. The lowest BCUT2D eigenvalue weighted by atomic mass is 10.1. The van der Waals surface area contributed by atoms with Crippen molar-refractivity contribution in [3.05, 3.63) is 17.0 Å². The maximum atomic E-state index is 11.9. The zero-order valence-electron chi connectivity index (χ0n) is 13.7. The highest BCUT2D eigenvalue weighted by Crippen LogP contribution is 2.14. The molecule has 0 saturated carbocycles. The lowest BCUT2D eigenvalue weighted by Crippen LogP contribution is -2.49. The first-order valence-electron chi connectivity index (χ1n) is 7.52. The van der Waals surface area contributed by atoms with Gasteiger partial charge in [-0.05, 0) is 20.3 Å². The zero-order valence-corrected chi connectivity index (χ0v) is 14.5. The molecule has 8 nitrogen and oxygen atoms in total. The molecule has 1 atom stereocenters. The van der Waals surface area contributed by atoms with Crippen LogP contribution in [-0.2, 0) is 26.0 Å². The van der Waals surface area contributed by atoms with Gasteiger partial charge in [0, 0.05) is 31.6 Å². The van der Waals surface area contributed by atoms with Crippen LogP contribution in [0.5, 0.6) is 0 Å². The molecule has 2 rings (SSSR count). The van der Waals surface area contributed by atoms with Crippen LogP contribution in [-0.4, -0.2) is 62.4 Å². The molecule has 0 radical (unpaired) electrons. The van der Waals surface area contributed by atoms with E-state index in [0.717, 1.165) is 17.0 Å². The first-order chi connectivity index (χ1) is 10.8. The molecule has 0 aliphatic carbocycles. The predicted octanol–water partition coefficient (Wildman–Crippen LogP) is 0.000640. The van der Waals surface area contributed by atoms with Crippen LogP contribution in [0.1, 0.15) is 23.4 Å². The number of carbonyl (C=O) groups excluding carboxylic acids is 1. The van der Waals surface area contributed by atoms with Gasteiger partial charge in [0.2, 0.25) is 15.9 Å². The third-order valence-corrected chi connectivity index (χ3v) is 5.15. The summed E-state index contributed by atoms with van der Waals surface area (Å²) in [5, 5.41) is 6.65. The van der Waals surface area contributed by atoms with Crippen molar-refractivity contribution >= 4 is 15.9 Å². The van der Waals surface area contributed by atoms with Gasteiger partial charge in [0.25, 0.3) is 0 Å². The van der Waals surface area contributed by atoms with Crippen LogP contribution in [0.25, 0.3) is 0 Å². The molecular formula is C14H23N3O5S. The van der Waals surface area contributed by atoms with E-state index in [2.05, 4.69) is 10.5 Å². The lowest BCUT2D eigenvalue weighted by molar-refractivity contribution is -0.122. The summed E-state index contributed by atoms with van der Waals surface area (Å²) in [6.07, 6.45) is 1.75. The number of amides is 1. The van der Waals surface area contributed by atoms with Crippen LogP contribution in [0.15, 0.2) is 4.52 Å². The molecule has 1 amide bonds. The van der Waals surface area contributed by atoms with E-state index in [1.54, 1.807) is 0 Å². The summed E-state index contributed by atoms with van der Waals surface area (Å²) < 4.78 is 35.0. The number of aromatic nitrogens is 1. The van der Waals surface area contributed by atoms with E-state index >= 15 is 0 Å². The second kappa shape index (κ2) is 7.41. The molecule has 1 aromatic heterocycles. The number of hydrogen-bond acceptors (Lipinski definition) is 6. The molecule has 130 valence electrons. The molecule has 1 fully saturated rings. The summed E-state index contributed by atoms with van der Waals surface area (Å²) in [5.41, 5.74) is 1.76. The summed E-state index contributed by atoms with van der Waals surface area (Å²) in [6.45, 7) is 4.93. The lowest BCUT2D eigenvalue weighted by Gasteiger charge is -2.31. The van der Waals surface area contributed by atoms with Crippen LogP contribution in [0.3, 0.4) is 0 Å². The van der Waals surface area contributed by atoms with Crippen molar-refractivity contribution in [2.45, 2.75) is 32.8 Å². The highest BCUT2D eigenvalue weighted by atomic mass is 32.2. The van der Waals surface area contributed by atoms with Gasteiger partial charge in [-0.15, -0.1) is 0 Å². The zero-order chi connectivity index (χ0) is 17.0. The minimum Gasteiger partial charge on any atom is -0.374 e. The van der Waals surface area contributed by atoms with E-state index in [9.17, 15) is 13.2 Å². The molecule has 0 spiro atoms. The number of morpholine rings is 1. The van der Waals surface area contributed by atoms with Crippen molar-refractivity contribution in [3.8, 4) is 0 Å². The fourth-order valence-corrected chi connectivity index (χ4v) is 3.37. The van der Waals surface area contributed by atoms with Crippen LogP contribution < -0.4 is 5.32 Å². The van der Waals surface area contributed by atoms with E-state index in [0.29, 0.717) is 32.5 Å². The van der Waals surface area contributed by atoms with E-state index in [-0.39, 0.29) is 18.6 Å². The Morgan fingerprint density at radius 1 is 1.43 bits per heavy atom. The van der Waals surface area contributed by atoms with E-state index in [1.165, 1.54) is 10.6 Å². The Balaban J connectivity index is 1.76. The third-order valence-electron chi connectivity index (χ3n) is 3.88. The van der Waals surface area contributed by atoms with Gasteiger partial charge in [-0.1, -0.05) is 5.16 Å². The van der Waals surface area contributed by atoms with Crippen molar-refractivity contribution < 1.29 is 22.5 Å². The maximum Gasteiger partial charge on any atom is 0.220 e. The third kappa shape index (κ3) is 5.02. The summed E-state index contributed by atoms with van der Waals surface area (Å²) in [7, 11) is -3.22. The van der Waals surface area contributed by atoms with Gasteiger partial charge in [-0.2, -0.15) is 4.31 Å². The average molecular weight is 345 g/mol. The number of sulfonamides is 1. The van der Waals surface area contributed by atoms with Crippen LogP contribution in [0, 0.1) is 13.8 Å². The van der Waals surface area contributed by atoms with Gasteiger partial charge in [0.15, 0.2) is 0 Å². The highest BCUT2D eigenvalue weighted by molar-refractivity contribution is 7.88. The normalized spacial score (nSPS) is 19.7. The quantitative estimate of drug-likeness (QED) is 0.779. The first kappa shape index (κ1) is 17.9. The largest absolute Gasteiger partial charge is 0.374 e. The minimum atomic E-state index is -3.22. The fraction of sp³-hybridized carbons (Fsp3) is 0.714. The van der Waals surface area contributed by atoms with Gasteiger partial charge in [-0.25, -0.2) is 8.42 Å². The van der Waals surface area contributed by atoms with Gasteiger partial charge in [0.1, 0.15) is 5.76 Å². The van der Waals surface area contributed by atoms with Gasteiger partial charge in [-0.3, -0.25) is 4.79 Å². The van der Waals surface area contributed by atoms with Gasteiger partial charge >= 0.3 is 0 Å². The van der Waals surface area contributed by atoms with Crippen molar-refractivity contribution in [3.63, 3.8) is 0 Å². The molecule has 1 aliphatic heterocycles. The van der Waals surface area contributed by atoms with Crippen molar-refractivity contribution in [2.75, 3.05) is 32.5 Å². The molecule has 1 saturated heterocycles. The second-order valence-corrected chi connectivity index (χ2v) is 7.70. The number of hydrogen-bond donors (Lipinski definition) is 1. The molecule has 1 aromatic rings. The Hall–Kier alpha value is -1.45. The summed E-state index contributed by atoms with van der Waals surface area (Å²) >= 11 is 0. The topological polar surface area (TPSA) is 102 Å². The Morgan fingerprint density at radius 2 is 2.17 bits per heavy atom. The SMILES string of the molecule is Cc1noc(C)c1CCC(=O)NCC1CN(S(C)(=O)=O)CCO1. The molecule has 1 unspecified atom stereocenters. The molecule has 0 bridgehead atoms. The number of rotatable bonds is 6. The van der Waals surface area contributed by atoms with Crippen molar-refractivity contribution in [1.29, 1.82) is 0 Å². The van der Waals surface area contributed by atoms with Gasteiger partial charge < -0.3 is 14.6 Å². The monoisotopic (exact) mass is 345 g/mol. The second-order valence-electron chi connectivity index (χ2n) is 5.72. The Labute approximate surface area is 136 Å². The number of nitrogens with one attached hydrogen (secondary N) is 1. The number of ether oxygens (including phenoxy) is 1. The number of aryl methyl sites for hydroxylation is 2. The molecule has 1 N–H and O–H groups in total. The molecular weight excluding hydrogens is 322 g/mol. The first-order valence-corrected chi connectivity index (χ1v) is 9.37.